The number of carbonyl (C=O) groups is 1. The number of nitrogens with zero attached hydrogens (tertiary/aromatic N) is 2. The maximum atomic E-state index is 12.3. The zero-order valence-corrected chi connectivity index (χ0v) is 12.1. The molecular formula is C17H17N3O. The van der Waals surface area contributed by atoms with Crippen molar-refractivity contribution in [3.8, 4) is 0 Å². The average Bonchev–Trinajstić information content (AvgIpc) is 2.91. The SMILES string of the molecule is CC(C)c1ccc(C(=O)Nn2cnc3ccccc32)cc1. The Kier molecular flexibility index (Phi) is 3.44. The molecule has 3 rings (SSSR count). The predicted molar refractivity (Wildman–Crippen MR) is 84.0 cm³/mol. The zero-order chi connectivity index (χ0) is 14.8. The van der Waals surface area contributed by atoms with E-state index in [0.29, 0.717) is 11.5 Å². The van der Waals surface area contributed by atoms with Crippen LogP contribution in [0.5, 0.6) is 0 Å². The van der Waals surface area contributed by atoms with Crippen molar-refractivity contribution in [2.24, 2.45) is 0 Å². The predicted octanol–water partition coefficient (Wildman–Crippen LogP) is 3.54. The minimum atomic E-state index is -0.145. The normalized spacial score (nSPS) is 11.0. The van der Waals surface area contributed by atoms with Crippen LogP contribution >= 0.6 is 0 Å². The molecule has 0 aliphatic rings. The smallest absolute Gasteiger partial charge is 0.267 e. The first-order valence-electron chi connectivity index (χ1n) is 6.98. The molecule has 1 aromatic heterocycles. The molecule has 0 aliphatic carbocycles. The summed E-state index contributed by atoms with van der Waals surface area (Å²) in [4.78, 5) is 16.5. The van der Waals surface area contributed by atoms with Crippen LogP contribution in [-0.2, 0) is 0 Å². The van der Waals surface area contributed by atoms with Crippen molar-refractivity contribution in [1.29, 1.82) is 0 Å². The largest absolute Gasteiger partial charge is 0.270 e. The van der Waals surface area contributed by atoms with Crippen LogP contribution in [0.15, 0.2) is 54.9 Å². The molecule has 21 heavy (non-hydrogen) atoms. The molecule has 1 heterocycles. The Hall–Kier alpha value is -2.62. The van der Waals surface area contributed by atoms with Crippen molar-refractivity contribution >= 4 is 16.9 Å². The lowest BCUT2D eigenvalue weighted by molar-refractivity contribution is 0.101. The molecule has 0 bridgehead atoms. The molecule has 0 saturated heterocycles. The molecular weight excluding hydrogens is 262 g/mol. The summed E-state index contributed by atoms with van der Waals surface area (Å²) in [6.45, 7) is 4.26. The second-order valence-corrected chi connectivity index (χ2v) is 5.32. The van der Waals surface area contributed by atoms with E-state index in [4.69, 9.17) is 0 Å². The van der Waals surface area contributed by atoms with Crippen molar-refractivity contribution < 1.29 is 4.79 Å². The highest BCUT2D eigenvalue weighted by atomic mass is 16.2. The highest BCUT2D eigenvalue weighted by Crippen LogP contribution is 2.15. The molecule has 1 N–H and O–H groups in total. The quantitative estimate of drug-likeness (QED) is 0.797. The van der Waals surface area contributed by atoms with Gasteiger partial charge in [0.15, 0.2) is 0 Å². The van der Waals surface area contributed by atoms with E-state index in [2.05, 4.69) is 24.3 Å². The third-order valence-electron chi connectivity index (χ3n) is 3.52. The molecule has 106 valence electrons. The van der Waals surface area contributed by atoms with Gasteiger partial charge in [-0.25, -0.2) is 9.66 Å². The lowest BCUT2D eigenvalue weighted by Crippen LogP contribution is -2.22. The Bertz CT molecular complexity index is 772. The van der Waals surface area contributed by atoms with Crippen LogP contribution in [0.25, 0.3) is 11.0 Å². The summed E-state index contributed by atoms with van der Waals surface area (Å²) in [5, 5.41) is 0. The van der Waals surface area contributed by atoms with E-state index in [1.807, 2.05) is 48.5 Å². The summed E-state index contributed by atoms with van der Waals surface area (Å²) in [5.74, 6) is 0.313. The highest BCUT2D eigenvalue weighted by Gasteiger charge is 2.09. The first kappa shape index (κ1) is 13.4. The maximum absolute atomic E-state index is 12.3. The zero-order valence-electron chi connectivity index (χ0n) is 12.1. The Morgan fingerprint density at radius 3 is 2.52 bits per heavy atom. The lowest BCUT2D eigenvalue weighted by atomic mass is 10.0. The summed E-state index contributed by atoms with van der Waals surface area (Å²) in [6, 6.07) is 15.4. The van der Waals surface area contributed by atoms with Crippen molar-refractivity contribution in [2.45, 2.75) is 19.8 Å². The van der Waals surface area contributed by atoms with Gasteiger partial charge in [0, 0.05) is 5.56 Å². The number of amides is 1. The van der Waals surface area contributed by atoms with E-state index in [0.717, 1.165) is 11.0 Å². The number of fused-ring (bicyclic) bond motifs is 1. The number of imidazole rings is 1. The van der Waals surface area contributed by atoms with Crippen LogP contribution in [0, 0.1) is 0 Å². The molecule has 4 nitrogen and oxygen atoms in total. The van der Waals surface area contributed by atoms with E-state index < -0.39 is 0 Å². The molecule has 0 unspecified atom stereocenters. The van der Waals surface area contributed by atoms with Crippen LogP contribution in [0.4, 0.5) is 0 Å². The molecule has 4 heteroatoms. The number of para-hydroxylation sites is 2. The summed E-state index contributed by atoms with van der Waals surface area (Å²) in [6.07, 6.45) is 1.62. The van der Waals surface area contributed by atoms with Crippen molar-refractivity contribution in [3.63, 3.8) is 0 Å². The number of hydrogen-bond donors (Lipinski definition) is 1. The van der Waals surface area contributed by atoms with Gasteiger partial charge in [-0.05, 0) is 35.7 Å². The minimum Gasteiger partial charge on any atom is -0.267 e. The van der Waals surface area contributed by atoms with E-state index in [9.17, 15) is 4.79 Å². The van der Waals surface area contributed by atoms with Gasteiger partial charge in [0.2, 0.25) is 0 Å². The molecule has 1 amide bonds. The van der Waals surface area contributed by atoms with E-state index in [1.165, 1.54) is 5.56 Å². The Morgan fingerprint density at radius 1 is 1.10 bits per heavy atom. The van der Waals surface area contributed by atoms with Gasteiger partial charge in [0.1, 0.15) is 6.33 Å². The highest BCUT2D eigenvalue weighted by molar-refractivity contribution is 6.00. The molecule has 0 fully saturated rings. The molecule has 0 aliphatic heterocycles. The third kappa shape index (κ3) is 2.65. The van der Waals surface area contributed by atoms with E-state index in [1.54, 1.807) is 11.0 Å². The summed E-state index contributed by atoms with van der Waals surface area (Å²) in [7, 11) is 0. The van der Waals surface area contributed by atoms with Gasteiger partial charge in [0.25, 0.3) is 5.91 Å². The summed E-state index contributed by atoms with van der Waals surface area (Å²) >= 11 is 0. The van der Waals surface area contributed by atoms with Gasteiger partial charge in [-0.15, -0.1) is 0 Å². The maximum Gasteiger partial charge on any atom is 0.270 e. The van der Waals surface area contributed by atoms with Gasteiger partial charge in [-0.1, -0.05) is 38.1 Å². The lowest BCUT2D eigenvalue weighted by Gasteiger charge is -2.09. The topological polar surface area (TPSA) is 46.9 Å². The van der Waals surface area contributed by atoms with Crippen molar-refractivity contribution in [1.82, 2.24) is 9.66 Å². The molecule has 0 atom stereocenters. The second-order valence-electron chi connectivity index (χ2n) is 5.32. The van der Waals surface area contributed by atoms with Crippen molar-refractivity contribution in [3.05, 3.63) is 66.0 Å². The fraction of sp³-hybridized carbons (Fsp3) is 0.176. The standard InChI is InChI=1S/C17H17N3O/c1-12(2)13-7-9-14(10-8-13)17(21)19-20-11-18-15-5-3-4-6-16(15)20/h3-12H,1-2H3,(H,19,21). The summed E-state index contributed by atoms with van der Waals surface area (Å²) < 4.78 is 1.65. The minimum absolute atomic E-state index is 0.145. The van der Waals surface area contributed by atoms with Crippen LogP contribution in [-0.4, -0.2) is 15.6 Å². The Balaban J connectivity index is 1.83. The van der Waals surface area contributed by atoms with Crippen LogP contribution in [0.2, 0.25) is 0 Å². The number of rotatable bonds is 3. The number of benzene rings is 2. The summed E-state index contributed by atoms with van der Waals surface area (Å²) in [5.41, 5.74) is 6.44. The monoisotopic (exact) mass is 279 g/mol. The first-order chi connectivity index (χ1) is 10.1. The molecule has 0 saturated carbocycles. The van der Waals surface area contributed by atoms with Crippen LogP contribution in [0.1, 0.15) is 35.7 Å². The fourth-order valence-electron chi connectivity index (χ4n) is 2.24. The molecule has 2 aromatic carbocycles. The van der Waals surface area contributed by atoms with Crippen molar-refractivity contribution in [2.75, 3.05) is 5.43 Å². The van der Waals surface area contributed by atoms with Gasteiger partial charge in [-0.2, -0.15) is 0 Å². The van der Waals surface area contributed by atoms with Crippen LogP contribution < -0.4 is 5.43 Å². The number of carbonyl (C=O) groups excluding carboxylic acids is 1. The number of nitrogens with one attached hydrogen (secondary N) is 1. The molecule has 0 radical (unpaired) electrons. The van der Waals surface area contributed by atoms with Crippen LogP contribution in [0.3, 0.4) is 0 Å². The van der Waals surface area contributed by atoms with E-state index >= 15 is 0 Å². The van der Waals surface area contributed by atoms with E-state index in [-0.39, 0.29) is 5.91 Å². The molecule has 0 spiro atoms. The number of hydrogen-bond acceptors (Lipinski definition) is 2. The Morgan fingerprint density at radius 2 is 1.81 bits per heavy atom. The fourth-order valence-corrected chi connectivity index (χ4v) is 2.24. The number of aromatic nitrogens is 2. The van der Waals surface area contributed by atoms with Gasteiger partial charge in [0.05, 0.1) is 11.0 Å². The molecule has 3 aromatic rings. The average molecular weight is 279 g/mol. The Labute approximate surface area is 123 Å². The first-order valence-corrected chi connectivity index (χ1v) is 6.98. The van der Waals surface area contributed by atoms with Gasteiger partial charge < -0.3 is 0 Å². The van der Waals surface area contributed by atoms with Gasteiger partial charge >= 0.3 is 0 Å². The third-order valence-corrected chi connectivity index (χ3v) is 3.52. The van der Waals surface area contributed by atoms with Gasteiger partial charge in [-0.3, -0.25) is 10.2 Å². The second kappa shape index (κ2) is 5.40.